The van der Waals surface area contributed by atoms with E-state index in [2.05, 4.69) is 10.1 Å². The Morgan fingerprint density at radius 3 is 2.71 bits per heavy atom. The molecule has 6 rings (SSSR count). The molecule has 0 aliphatic carbocycles. The molecule has 8 heteroatoms. The highest BCUT2D eigenvalue weighted by Gasteiger charge is 2.60. The van der Waals surface area contributed by atoms with Crippen LogP contribution in [0.5, 0.6) is 0 Å². The predicted octanol–water partition coefficient (Wildman–Crippen LogP) is 3.69. The summed E-state index contributed by atoms with van der Waals surface area (Å²) in [5, 5.41) is 5.23. The molecule has 2 aliphatic heterocycles. The van der Waals surface area contributed by atoms with Crippen LogP contribution in [-0.2, 0) is 5.66 Å². The third-order valence-corrected chi connectivity index (χ3v) is 6.32. The van der Waals surface area contributed by atoms with E-state index < -0.39 is 5.66 Å². The standard InChI is InChI=1S/C23H15ClN4O3/c24-15-7-5-14(6-8-15)23-18-13-25-10-9-16(18)21(29)27(23)11-12-28(23)22(30)20-17-3-1-2-4-19(17)26-31-20/h1-10,13H,11-12H2. The first kappa shape index (κ1) is 18.1. The van der Waals surface area contributed by atoms with Crippen LogP contribution in [0.3, 0.4) is 0 Å². The number of benzene rings is 2. The Hall–Kier alpha value is -3.71. The molecule has 1 unspecified atom stereocenters. The van der Waals surface area contributed by atoms with E-state index in [4.69, 9.17) is 16.1 Å². The minimum atomic E-state index is -1.13. The highest BCUT2D eigenvalue weighted by molar-refractivity contribution is 6.30. The van der Waals surface area contributed by atoms with Gasteiger partial charge in [0, 0.05) is 41.6 Å². The zero-order valence-electron chi connectivity index (χ0n) is 16.2. The second-order valence-electron chi connectivity index (χ2n) is 7.54. The number of aromatic nitrogens is 2. The molecule has 0 bridgehead atoms. The van der Waals surface area contributed by atoms with Crippen molar-refractivity contribution in [2.75, 3.05) is 13.1 Å². The van der Waals surface area contributed by atoms with Crippen molar-refractivity contribution in [2.45, 2.75) is 5.66 Å². The van der Waals surface area contributed by atoms with Gasteiger partial charge < -0.3 is 14.3 Å². The van der Waals surface area contributed by atoms with Crippen molar-refractivity contribution in [3.8, 4) is 0 Å². The normalized spacial score (nSPS) is 19.7. The maximum absolute atomic E-state index is 13.8. The number of nitrogens with zero attached hydrogens (tertiary/aromatic N) is 4. The first-order valence-corrected chi connectivity index (χ1v) is 10.2. The summed E-state index contributed by atoms with van der Waals surface area (Å²) in [7, 11) is 0. The van der Waals surface area contributed by atoms with Gasteiger partial charge >= 0.3 is 0 Å². The minimum Gasteiger partial charge on any atom is -0.350 e. The molecule has 0 radical (unpaired) electrons. The van der Waals surface area contributed by atoms with Crippen LogP contribution in [0, 0.1) is 0 Å². The van der Waals surface area contributed by atoms with Gasteiger partial charge in [0.1, 0.15) is 5.52 Å². The van der Waals surface area contributed by atoms with Crippen LogP contribution < -0.4 is 0 Å². The molecule has 0 spiro atoms. The monoisotopic (exact) mass is 430 g/mol. The number of pyridine rings is 1. The molecule has 2 amide bonds. The van der Waals surface area contributed by atoms with Crippen LogP contribution in [-0.4, -0.2) is 44.8 Å². The third kappa shape index (κ3) is 2.29. The third-order valence-electron chi connectivity index (χ3n) is 6.07. The van der Waals surface area contributed by atoms with Gasteiger partial charge in [-0.1, -0.05) is 41.0 Å². The molecule has 0 saturated carbocycles. The zero-order chi connectivity index (χ0) is 21.2. The molecular weight excluding hydrogens is 416 g/mol. The van der Waals surface area contributed by atoms with E-state index in [1.54, 1.807) is 52.5 Å². The van der Waals surface area contributed by atoms with Crippen molar-refractivity contribution in [1.29, 1.82) is 0 Å². The summed E-state index contributed by atoms with van der Waals surface area (Å²) in [4.78, 5) is 34.8. The van der Waals surface area contributed by atoms with E-state index in [1.165, 1.54) is 0 Å². The molecule has 1 atom stereocenters. The SMILES string of the molecule is O=C1c2ccncc2C2(c3ccc(Cl)cc3)N1CCN2C(=O)c1onc2ccccc12. The first-order chi connectivity index (χ1) is 15.1. The maximum Gasteiger partial charge on any atom is 0.295 e. The lowest BCUT2D eigenvalue weighted by molar-refractivity contribution is 0.0350. The number of rotatable bonds is 2. The summed E-state index contributed by atoms with van der Waals surface area (Å²) in [6.45, 7) is 0.727. The van der Waals surface area contributed by atoms with Crippen LogP contribution in [0.2, 0.25) is 5.02 Å². The highest BCUT2D eigenvalue weighted by Crippen LogP contribution is 2.50. The number of hydrogen-bond donors (Lipinski definition) is 0. The van der Waals surface area contributed by atoms with Gasteiger partial charge in [-0.25, -0.2) is 0 Å². The number of carbonyl (C=O) groups is 2. The molecule has 0 N–H and O–H groups in total. The fourth-order valence-electron chi connectivity index (χ4n) is 4.78. The average molecular weight is 431 g/mol. The molecule has 152 valence electrons. The van der Waals surface area contributed by atoms with Gasteiger partial charge in [0.25, 0.3) is 11.8 Å². The average Bonchev–Trinajstić information content (AvgIpc) is 3.47. The van der Waals surface area contributed by atoms with Crippen LogP contribution in [0.15, 0.2) is 71.5 Å². The summed E-state index contributed by atoms with van der Waals surface area (Å²) >= 11 is 6.14. The molecule has 7 nitrogen and oxygen atoms in total. The minimum absolute atomic E-state index is 0.134. The summed E-state index contributed by atoms with van der Waals surface area (Å²) in [6.07, 6.45) is 3.25. The Labute approximate surface area is 181 Å². The Kier molecular flexibility index (Phi) is 3.73. The lowest BCUT2D eigenvalue weighted by Crippen LogP contribution is -2.51. The van der Waals surface area contributed by atoms with E-state index in [1.807, 2.05) is 24.3 Å². The molecule has 31 heavy (non-hydrogen) atoms. The fourth-order valence-corrected chi connectivity index (χ4v) is 4.90. The van der Waals surface area contributed by atoms with Gasteiger partial charge in [-0.2, -0.15) is 0 Å². The number of amides is 2. The van der Waals surface area contributed by atoms with Crippen LogP contribution in [0.1, 0.15) is 32.0 Å². The van der Waals surface area contributed by atoms with Gasteiger partial charge in [-0.3, -0.25) is 14.6 Å². The number of halogens is 1. The van der Waals surface area contributed by atoms with Crippen LogP contribution >= 0.6 is 11.6 Å². The predicted molar refractivity (Wildman–Crippen MR) is 113 cm³/mol. The highest BCUT2D eigenvalue weighted by atomic mass is 35.5. The number of hydrogen-bond acceptors (Lipinski definition) is 5. The molecule has 2 aromatic carbocycles. The Morgan fingerprint density at radius 1 is 1.06 bits per heavy atom. The summed E-state index contributed by atoms with van der Waals surface area (Å²) in [5.41, 5.74) is 1.43. The first-order valence-electron chi connectivity index (χ1n) is 9.81. The molecule has 4 heterocycles. The molecule has 4 aromatic rings. The van der Waals surface area contributed by atoms with Crippen molar-refractivity contribution < 1.29 is 14.1 Å². The van der Waals surface area contributed by atoms with Crippen LogP contribution in [0.4, 0.5) is 0 Å². The lowest BCUT2D eigenvalue weighted by Gasteiger charge is -2.39. The largest absolute Gasteiger partial charge is 0.350 e. The van der Waals surface area contributed by atoms with Crippen LogP contribution in [0.25, 0.3) is 10.9 Å². The van der Waals surface area contributed by atoms with E-state index in [0.717, 1.165) is 5.56 Å². The quantitative estimate of drug-likeness (QED) is 0.484. The van der Waals surface area contributed by atoms with E-state index in [0.29, 0.717) is 40.1 Å². The molecular formula is C23H15ClN4O3. The van der Waals surface area contributed by atoms with Gasteiger partial charge in [-0.05, 0) is 30.3 Å². The maximum atomic E-state index is 13.8. The van der Waals surface area contributed by atoms with Crippen molar-refractivity contribution in [2.24, 2.45) is 0 Å². The topological polar surface area (TPSA) is 79.5 Å². The Bertz CT molecular complexity index is 1370. The second-order valence-corrected chi connectivity index (χ2v) is 7.98. The summed E-state index contributed by atoms with van der Waals surface area (Å²) in [6, 6.07) is 16.2. The molecule has 1 fully saturated rings. The lowest BCUT2D eigenvalue weighted by atomic mass is 9.91. The summed E-state index contributed by atoms with van der Waals surface area (Å²) in [5.74, 6) is -0.323. The fraction of sp³-hybridized carbons (Fsp3) is 0.130. The second kappa shape index (κ2) is 6.39. The van der Waals surface area contributed by atoms with Gasteiger partial charge in [0.2, 0.25) is 5.76 Å². The van der Waals surface area contributed by atoms with Gasteiger partial charge in [0.15, 0.2) is 5.66 Å². The van der Waals surface area contributed by atoms with E-state index in [-0.39, 0.29) is 17.6 Å². The Morgan fingerprint density at radius 2 is 1.87 bits per heavy atom. The van der Waals surface area contributed by atoms with Crippen molar-refractivity contribution >= 4 is 34.3 Å². The molecule has 1 saturated heterocycles. The zero-order valence-corrected chi connectivity index (χ0v) is 16.9. The molecule has 2 aromatic heterocycles. The number of fused-ring (bicyclic) bond motifs is 4. The summed E-state index contributed by atoms with van der Waals surface area (Å²) < 4.78 is 5.47. The van der Waals surface area contributed by atoms with Crippen molar-refractivity contribution in [3.05, 3.63) is 94.5 Å². The molecule has 2 aliphatic rings. The van der Waals surface area contributed by atoms with E-state index >= 15 is 0 Å². The van der Waals surface area contributed by atoms with Crippen molar-refractivity contribution in [3.63, 3.8) is 0 Å². The van der Waals surface area contributed by atoms with Gasteiger partial charge in [0.05, 0.1) is 10.9 Å². The van der Waals surface area contributed by atoms with Gasteiger partial charge in [-0.15, -0.1) is 0 Å². The smallest absolute Gasteiger partial charge is 0.295 e. The van der Waals surface area contributed by atoms with E-state index in [9.17, 15) is 9.59 Å². The number of carbonyl (C=O) groups excluding carboxylic acids is 2. The Balaban J connectivity index is 1.60. The van der Waals surface area contributed by atoms with Crippen molar-refractivity contribution in [1.82, 2.24) is 19.9 Å².